The quantitative estimate of drug-likeness (QED) is 0.451. The largest absolute Gasteiger partial charge is 0.463 e. The van der Waals surface area contributed by atoms with Gasteiger partial charge in [-0.1, -0.05) is 23.8 Å². The third-order valence-electron chi connectivity index (χ3n) is 4.09. The lowest BCUT2D eigenvalue weighted by molar-refractivity contribution is -0.137. The van der Waals surface area contributed by atoms with E-state index in [0.29, 0.717) is 0 Å². The van der Waals surface area contributed by atoms with Crippen LogP contribution in [-0.2, 0) is 28.9 Å². The van der Waals surface area contributed by atoms with Gasteiger partial charge < -0.3 is 14.8 Å². The van der Waals surface area contributed by atoms with Gasteiger partial charge in [0.1, 0.15) is 10.9 Å². The van der Waals surface area contributed by atoms with Crippen LogP contribution in [0, 0.1) is 6.92 Å². The maximum atomic E-state index is 13.2. The minimum atomic E-state index is -4.09. The average molecular weight is 454 g/mol. The van der Waals surface area contributed by atoms with Gasteiger partial charge in [-0.2, -0.15) is 0 Å². The number of hydrogen-bond donors (Lipinski definition) is 1. The van der Waals surface area contributed by atoms with Crippen molar-refractivity contribution in [3.05, 3.63) is 42.0 Å². The zero-order valence-corrected chi connectivity index (χ0v) is 19.6. The van der Waals surface area contributed by atoms with Crippen molar-refractivity contribution in [1.29, 1.82) is 0 Å². The molecule has 0 aliphatic heterocycles. The molecule has 0 saturated heterocycles. The van der Waals surface area contributed by atoms with Gasteiger partial charge in [0.15, 0.2) is 15.6 Å². The number of hydrogen-bond acceptors (Lipinski definition) is 7. The minimum Gasteiger partial charge on any atom is -0.463 e. The number of carbonyl (C=O) groups is 3. The van der Waals surface area contributed by atoms with Gasteiger partial charge >= 0.3 is 12.1 Å². The Morgan fingerprint density at radius 2 is 1.71 bits per heavy atom. The standard InChI is InChI=1S/C22H31NO7S/c1-7-29-19(24)10-8-9-18(31(27,28)17-13-11-15(2)12-14-17)20(25)16(3)23-21(26)30-22(4,5)6/h8,10-14,16,18H,7,9H2,1-6H3,(H,23,26)/b10-8+/t16-,18?/m0/s1. The number of allylic oxidation sites excluding steroid dienone is 1. The maximum absolute atomic E-state index is 13.2. The summed E-state index contributed by atoms with van der Waals surface area (Å²) in [7, 11) is -4.09. The van der Waals surface area contributed by atoms with Crippen molar-refractivity contribution in [3.8, 4) is 0 Å². The van der Waals surface area contributed by atoms with Crippen LogP contribution in [0.25, 0.3) is 0 Å². The normalized spacial score (nSPS) is 14.0. The summed E-state index contributed by atoms with van der Waals surface area (Å²) in [6.07, 6.45) is 1.28. The van der Waals surface area contributed by atoms with Crippen LogP contribution < -0.4 is 5.32 Å². The Hall–Kier alpha value is -2.68. The van der Waals surface area contributed by atoms with Crippen LogP contribution in [0.2, 0.25) is 0 Å². The Labute approximate surface area is 183 Å². The van der Waals surface area contributed by atoms with E-state index in [0.717, 1.165) is 11.6 Å². The van der Waals surface area contributed by atoms with E-state index in [9.17, 15) is 22.8 Å². The third-order valence-corrected chi connectivity index (χ3v) is 6.20. The van der Waals surface area contributed by atoms with Crippen LogP contribution >= 0.6 is 0 Å². The monoisotopic (exact) mass is 453 g/mol. The highest BCUT2D eigenvalue weighted by molar-refractivity contribution is 7.92. The van der Waals surface area contributed by atoms with Crippen LogP contribution in [0.3, 0.4) is 0 Å². The second-order valence-electron chi connectivity index (χ2n) is 8.01. The summed E-state index contributed by atoms with van der Waals surface area (Å²) in [6, 6.07) is 4.98. The predicted molar refractivity (Wildman–Crippen MR) is 116 cm³/mol. The number of Topliss-reactive ketones (excluding diaryl/α,β-unsaturated/α-hetero) is 1. The number of amides is 1. The molecule has 0 aliphatic carbocycles. The molecule has 0 heterocycles. The van der Waals surface area contributed by atoms with Crippen molar-refractivity contribution in [2.75, 3.05) is 6.61 Å². The van der Waals surface area contributed by atoms with Crippen LogP contribution in [0.1, 0.15) is 46.6 Å². The summed E-state index contributed by atoms with van der Waals surface area (Å²) in [5.74, 6) is -1.36. The van der Waals surface area contributed by atoms with Gasteiger partial charge in [0, 0.05) is 6.08 Å². The molecule has 31 heavy (non-hydrogen) atoms. The van der Waals surface area contributed by atoms with E-state index in [1.807, 2.05) is 6.92 Å². The van der Waals surface area contributed by atoms with Crippen molar-refractivity contribution in [2.24, 2.45) is 0 Å². The topological polar surface area (TPSA) is 116 Å². The second-order valence-corrected chi connectivity index (χ2v) is 10.1. The van der Waals surface area contributed by atoms with Crippen molar-refractivity contribution in [3.63, 3.8) is 0 Å². The average Bonchev–Trinajstić information content (AvgIpc) is 2.63. The molecular formula is C22H31NO7S. The highest BCUT2D eigenvalue weighted by Crippen LogP contribution is 2.22. The van der Waals surface area contributed by atoms with E-state index in [-0.39, 0.29) is 17.9 Å². The highest BCUT2D eigenvalue weighted by Gasteiger charge is 2.36. The minimum absolute atomic E-state index is 0.0227. The van der Waals surface area contributed by atoms with E-state index >= 15 is 0 Å². The molecule has 0 fully saturated rings. The summed E-state index contributed by atoms with van der Waals surface area (Å²) in [5, 5.41) is 0.869. The number of aryl methyl sites for hydroxylation is 1. The molecule has 1 aromatic rings. The first kappa shape index (κ1) is 26.4. The molecule has 0 saturated carbocycles. The van der Waals surface area contributed by atoms with Crippen LogP contribution in [0.15, 0.2) is 41.3 Å². The summed E-state index contributed by atoms with van der Waals surface area (Å²) in [4.78, 5) is 36.6. The fourth-order valence-electron chi connectivity index (χ4n) is 2.60. The van der Waals surface area contributed by atoms with Gasteiger partial charge in [-0.15, -0.1) is 0 Å². The molecule has 8 nitrogen and oxygen atoms in total. The van der Waals surface area contributed by atoms with Crippen LogP contribution in [0.5, 0.6) is 0 Å². The van der Waals surface area contributed by atoms with Crippen LogP contribution in [0.4, 0.5) is 4.79 Å². The molecule has 1 rings (SSSR count). The number of ketones is 1. The first-order valence-electron chi connectivity index (χ1n) is 9.95. The molecule has 2 atom stereocenters. The predicted octanol–water partition coefficient (Wildman–Crippen LogP) is 3.13. The summed E-state index contributed by atoms with van der Waals surface area (Å²) < 4.78 is 36.3. The van der Waals surface area contributed by atoms with E-state index in [4.69, 9.17) is 9.47 Å². The Balaban J connectivity index is 3.16. The molecule has 1 unspecified atom stereocenters. The second kappa shape index (κ2) is 11.1. The van der Waals surface area contributed by atoms with E-state index in [2.05, 4.69) is 5.32 Å². The van der Waals surface area contributed by atoms with Crippen molar-refractivity contribution >= 4 is 27.7 Å². The van der Waals surface area contributed by atoms with E-state index in [1.54, 1.807) is 39.8 Å². The van der Waals surface area contributed by atoms with Gasteiger partial charge in [-0.05, 0) is 60.1 Å². The van der Waals surface area contributed by atoms with Crippen molar-refractivity contribution < 1.29 is 32.3 Å². The molecule has 0 aromatic heterocycles. The fraction of sp³-hybridized carbons (Fsp3) is 0.500. The fourth-order valence-corrected chi connectivity index (χ4v) is 4.32. The van der Waals surface area contributed by atoms with Crippen molar-refractivity contribution in [1.82, 2.24) is 5.32 Å². The Kier molecular flexibility index (Phi) is 9.42. The first-order chi connectivity index (χ1) is 14.3. The van der Waals surface area contributed by atoms with E-state index < -0.39 is 44.6 Å². The van der Waals surface area contributed by atoms with Crippen LogP contribution in [-0.4, -0.2) is 49.8 Å². The highest BCUT2D eigenvalue weighted by atomic mass is 32.2. The Bertz CT molecular complexity index is 912. The molecule has 0 aliphatic rings. The molecular weight excluding hydrogens is 422 g/mol. The Morgan fingerprint density at radius 1 is 1.13 bits per heavy atom. The molecule has 1 amide bonds. The van der Waals surface area contributed by atoms with Gasteiger partial charge in [-0.25, -0.2) is 18.0 Å². The van der Waals surface area contributed by atoms with Gasteiger partial charge in [0.25, 0.3) is 0 Å². The summed E-state index contributed by atoms with van der Waals surface area (Å²) in [5.41, 5.74) is 0.0896. The molecule has 9 heteroatoms. The number of rotatable bonds is 9. The zero-order valence-electron chi connectivity index (χ0n) is 18.8. The lowest BCUT2D eigenvalue weighted by Gasteiger charge is -2.23. The maximum Gasteiger partial charge on any atom is 0.408 e. The smallest absolute Gasteiger partial charge is 0.408 e. The summed E-state index contributed by atoms with van der Waals surface area (Å²) in [6.45, 7) is 10.0. The lowest BCUT2D eigenvalue weighted by atomic mass is 10.1. The molecule has 1 aromatic carbocycles. The molecule has 0 spiro atoms. The number of ether oxygens (including phenoxy) is 2. The number of sulfone groups is 1. The number of nitrogens with one attached hydrogen (secondary N) is 1. The number of alkyl carbamates (subject to hydrolysis) is 1. The Morgan fingerprint density at radius 3 is 2.23 bits per heavy atom. The summed E-state index contributed by atoms with van der Waals surface area (Å²) >= 11 is 0. The lowest BCUT2D eigenvalue weighted by Crippen LogP contribution is -2.47. The first-order valence-corrected chi connectivity index (χ1v) is 11.5. The van der Waals surface area contributed by atoms with Crippen molar-refractivity contribution in [2.45, 2.75) is 69.8 Å². The van der Waals surface area contributed by atoms with E-state index in [1.165, 1.54) is 25.1 Å². The molecule has 0 radical (unpaired) electrons. The van der Waals surface area contributed by atoms with Gasteiger partial charge in [0.2, 0.25) is 0 Å². The zero-order chi connectivity index (χ0) is 23.8. The number of benzene rings is 1. The number of esters is 1. The van der Waals surface area contributed by atoms with Gasteiger partial charge in [-0.3, -0.25) is 4.79 Å². The SMILES string of the molecule is CCOC(=O)/C=C/CC(C(=O)[C@H](C)NC(=O)OC(C)(C)C)S(=O)(=O)c1ccc(C)cc1. The molecule has 172 valence electrons. The third kappa shape index (κ3) is 8.53. The molecule has 0 bridgehead atoms. The number of carbonyl (C=O) groups excluding carboxylic acids is 3. The van der Waals surface area contributed by atoms with Gasteiger partial charge in [0.05, 0.1) is 17.5 Å². The molecule has 1 N–H and O–H groups in total.